The number of imidazole rings is 1. The van der Waals surface area contributed by atoms with E-state index in [1.165, 1.54) is 11.5 Å². The van der Waals surface area contributed by atoms with Crippen molar-refractivity contribution in [3.05, 3.63) is 53.7 Å². The van der Waals surface area contributed by atoms with Crippen LogP contribution >= 0.6 is 0 Å². The van der Waals surface area contributed by atoms with Crippen LogP contribution in [0.4, 0.5) is 0 Å². The first kappa shape index (κ1) is 7.77. The fraction of sp³-hybridized carbons (Fsp3) is 0.333. The summed E-state index contributed by atoms with van der Waals surface area (Å²) in [6, 6.07) is 6.82. The molecule has 22 heavy (non-hydrogen) atoms. The second-order valence-electron chi connectivity index (χ2n) is 5.33. The molecular formula is C18H19N3O. The van der Waals surface area contributed by atoms with Gasteiger partial charge in [-0.1, -0.05) is 18.2 Å². The van der Waals surface area contributed by atoms with Crippen LogP contribution in [0.1, 0.15) is 37.8 Å². The molecule has 1 aromatic carbocycles. The first-order chi connectivity index (χ1) is 13.4. The summed E-state index contributed by atoms with van der Waals surface area (Å²) in [4.78, 5) is 17.4. The number of rotatable bonds is 2. The van der Waals surface area contributed by atoms with Crippen LogP contribution in [0.2, 0.25) is 0 Å². The number of aromatic nitrogens is 3. The Morgan fingerprint density at radius 2 is 2.32 bits per heavy atom. The predicted molar refractivity (Wildman–Crippen MR) is 86.0 cm³/mol. The van der Waals surface area contributed by atoms with Gasteiger partial charge in [-0.05, 0) is 25.7 Å². The van der Waals surface area contributed by atoms with E-state index in [0.29, 0.717) is 10.9 Å². The van der Waals surface area contributed by atoms with Crippen LogP contribution in [-0.4, -0.2) is 19.9 Å². The summed E-state index contributed by atoms with van der Waals surface area (Å²) in [5.41, 5.74) is 0.475. The number of hydrogen-bond acceptors (Lipinski definition) is 2. The molecule has 1 atom stereocenters. The largest absolute Gasteiger partial charge is 0.347 e. The lowest BCUT2D eigenvalue weighted by atomic mass is 9.85. The van der Waals surface area contributed by atoms with Crippen LogP contribution < -0.4 is 0 Å². The highest BCUT2D eigenvalue weighted by atomic mass is 16.1. The molecule has 0 radical (unpaired) electrons. The van der Waals surface area contributed by atoms with Crippen LogP contribution in [0.5, 0.6) is 0 Å². The fourth-order valence-electron chi connectivity index (χ4n) is 2.84. The number of carbonyl (C=O) groups is 1. The van der Waals surface area contributed by atoms with E-state index >= 15 is 0 Å². The molecule has 0 spiro atoms. The number of hydrogen-bond donors (Lipinski definition) is 0. The Morgan fingerprint density at radius 3 is 3.09 bits per heavy atom. The molecule has 4 rings (SSSR count). The molecule has 0 saturated heterocycles. The average molecular weight is 300 g/mol. The molecule has 2 heterocycles. The van der Waals surface area contributed by atoms with Gasteiger partial charge in [0.05, 0.1) is 2.74 Å². The van der Waals surface area contributed by atoms with Gasteiger partial charge in [0.2, 0.25) is 0 Å². The lowest BCUT2D eigenvalue weighted by Crippen LogP contribution is -2.27. The van der Waals surface area contributed by atoms with Crippen molar-refractivity contribution >= 4 is 16.7 Å². The minimum Gasteiger partial charge on any atom is -0.347 e. The highest BCUT2D eigenvalue weighted by Gasteiger charge is 2.32. The van der Waals surface area contributed by atoms with Crippen molar-refractivity contribution in [1.29, 1.82) is 0 Å². The molecule has 0 amide bonds. The normalized spacial score (nSPS) is 30.5. The van der Waals surface area contributed by atoms with Gasteiger partial charge in [0.15, 0.2) is 5.78 Å². The smallest absolute Gasteiger partial charge is 0.170 e. The molecule has 0 saturated carbocycles. The third kappa shape index (κ3) is 1.83. The number of benzene rings is 1. The van der Waals surface area contributed by atoms with E-state index in [4.69, 9.17) is 9.60 Å². The van der Waals surface area contributed by atoms with E-state index in [2.05, 4.69) is 4.98 Å². The maximum atomic E-state index is 13.6. The van der Waals surface area contributed by atoms with Gasteiger partial charge in [-0.3, -0.25) is 4.79 Å². The second-order valence-corrected chi connectivity index (χ2v) is 5.33. The lowest BCUT2D eigenvalue weighted by Gasteiger charge is -2.23. The Hall–Kier alpha value is -2.36. The maximum absolute atomic E-state index is 13.6. The van der Waals surface area contributed by atoms with Gasteiger partial charge in [0.1, 0.15) is 5.82 Å². The molecule has 1 aliphatic rings. The van der Waals surface area contributed by atoms with Gasteiger partial charge in [-0.25, -0.2) is 4.98 Å². The summed E-state index contributed by atoms with van der Waals surface area (Å²) in [7, 11) is 1.58. The van der Waals surface area contributed by atoms with Crippen LogP contribution in [-0.2, 0) is 20.0 Å². The minimum absolute atomic E-state index is 0.00591. The molecule has 0 aliphatic heterocycles. The highest BCUT2D eigenvalue weighted by molar-refractivity contribution is 6.11. The second kappa shape index (κ2) is 4.83. The van der Waals surface area contributed by atoms with Crippen LogP contribution in [0, 0.1) is 12.8 Å². The Morgan fingerprint density at radius 1 is 1.50 bits per heavy atom. The van der Waals surface area contributed by atoms with Crippen molar-refractivity contribution in [1.82, 2.24) is 14.1 Å². The highest BCUT2D eigenvalue weighted by Crippen LogP contribution is 2.34. The van der Waals surface area contributed by atoms with E-state index in [0.717, 1.165) is 4.57 Å². The number of aryl methyl sites for hydroxylation is 2. The van der Waals surface area contributed by atoms with Crippen molar-refractivity contribution in [3.63, 3.8) is 0 Å². The van der Waals surface area contributed by atoms with Crippen LogP contribution in [0.3, 0.4) is 0 Å². The number of nitrogens with zero attached hydrogens (tertiary/aromatic N) is 3. The number of para-hydroxylation sites is 1. The van der Waals surface area contributed by atoms with Crippen LogP contribution in [0.15, 0.2) is 36.6 Å². The summed E-state index contributed by atoms with van der Waals surface area (Å²) in [6.45, 7) is 0.887. The van der Waals surface area contributed by atoms with E-state index < -0.39 is 31.0 Å². The zero-order valence-electron chi connectivity index (χ0n) is 19.3. The van der Waals surface area contributed by atoms with Gasteiger partial charge < -0.3 is 9.13 Å². The van der Waals surface area contributed by atoms with Crippen molar-refractivity contribution in [3.8, 4) is 0 Å². The Kier molecular flexibility index (Phi) is 1.71. The summed E-state index contributed by atoms with van der Waals surface area (Å²) in [5.74, 6) is -3.20. The zero-order chi connectivity index (χ0) is 21.5. The average Bonchev–Trinajstić information content (AvgIpc) is 3.08. The minimum atomic E-state index is -2.91. The standard InChI is InChI=1S/C18H19N3O/c1-12-19-9-10-21(12)11-13-7-8-16-17(18(13)22)14-5-3-4-6-15(14)20(16)2/h3-6,9-10,13H,7-8,11H2,1-2H3/i7D2,8D2,9D,10D,13D. The first-order valence-corrected chi connectivity index (χ1v) is 6.99. The SMILES string of the molecule is [2H]c1nc(C)n(CC2([2H])C(=O)c3c(n(C)c4ccccc34)C([2H])([2H])C2([2H])[2H])c1[2H]. The number of Topliss-reactive ketones (excluding diaryl/α,β-unsaturated/α-hetero) is 1. The number of carbonyl (C=O) groups excluding carboxylic acids is 1. The molecule has 0 bridgehead atoms. The van der Waals surface area contributed by atoms with Gasteiger partial charge in [-0.15, -0.1) is 0 Å². The van der Waals surface area contributed by atoms with Crippen molar-refractivity contribution < 1.29 is 14.4 Å². The molecule has 0 N–H and O–H groups in total. The predicted octanol–water partition coefficient (Wildman–Crippen LogP) is 3.13. The fourth-order valence-corrected chi connectivity index (χ4v) is 2.84. The Bertz CT molecular complexity index is 1180. The first-order valence-electron chi connectivity index (χ1n) is 10.5. The number of ketones is 1. The third-order valence-electron chi connectivity index (χ3n) is 4.05. The van der Waals surface area contributed by atoms with E-state index in [9.17, 15) is 4.79 Å². The molecule has 1 unspecified atom stereocenters. The van der Waals surface area contributed by atoms with Crippen molar-refractivity contribution in [2.45, 2.75) is 26.2 Å². The molecule has 1 aliphatic carbocycles. The summed E-state index contributed by atoms with van der Waals surface area (Å²) < 4.78 is 61.4. The van der Waals surface area contributed by atoms with Gasteiger partial charge in [0, 0.05) is 60.8 Å². The lowest BCUT2D eigenvalue weighted by molar-refractivity contribution is 0.0888. The topological polar surface area (TPSA) is 39.8 Å². The van der Waals surface area contributed by atoms with E-state index in [-0.39, 0.29) is 29.4 Å². The number of fused-ring (bicyclic) bond motifs is 3. The monoisotopic (exact) mass is 300 g/mol. The molecule has 0 fully saturated rings. The maximum Gasteiger partial charge on any atom is 0.170 e. The van der Waals surface area contributed by atoms with Gasteiger partial charge in [0.25, 0.3) is 0 Å². The summed E-state index contributed by atoms with van der Waals surface area (Å²) >= 11 is 0. The molecule has 4 nitrogen and oxygen atoms in total. The quantitative estimate of drug-likeness (QED) is 0.729. The van der Waals surface area contributed by atoms with E-state index in [1.807, 2.05) is 0 Å². The molecule has 2 aromatic heterocycles. The van der Waals surface area contributed by atoms with E-state index in [1.54, 1.807) is 31.3 Å². The molecule has 3 aromatic rings. The van der Waals surface area contributed by atoms with Crippen molar-refractivity contribution in [2.75, 3.05) is 0 Å². The van der Waals surface area contributed by atoms with Gasteiger partial charge in [-0.2, -0.15) is 0 Å². The summed E-state index contributed by atoms with van der Waals surface area (Å²) in [5, 5.41) is 0.459. The van der Waals surface area contributed by atoms with Crippen LogP contribution in [0.25, 0.3) is 10.9 Å². The zero-order valence-corrected chi connectivity index (χ0v) is 12.3. The van der Waals surface area contributed by atoms with Crippen molar-refractivity contribution in [2.24, 2.45) is 12.9 Å². The summed E-state index contributed by atoms with van der Waals surface area (Å²) in [6.07, 6.45) is -6.24. The van der Waals surface area contributed by atoms with Gasteiger partial charge >= 0.3 is 0 Å². The molecular weight excluding hydrogens is 274 g/mol. The molecule has 112 valence electrons. The third-order valence-corrected chi connectivity index (χ3v) is 4.05. The Labute approximate surface area is 139 Å². The molecule has 4 heteroatoms. The Balaban J connectivity index is 2.03.